The number of hydrogen-bond donors (Lipinski definition) is 2. The van der Waals surface area contributed by atoms with E-state index in [1.54, 1.807) is 20.8 Å². The van der Waals surface area contributed by atoms with Crippen LogP contribution in [-0.4, -0.2) is 58.8 Å². The Morgan fingerprint density at radius 2 is 0.975 bits per heavy atom. The molecule has 234 valence electrons. The highest BCUT2D eigenvalue weighted by Crippen LogP contribution is 2.22. The van der Waals surface area contributed by atoms with Crippen molar-refractivity contribution in [1.29, 1.82) is 0 Å². The fourth-order valence-electron chi connectivity index (χ4n) is 5.20. The number of quaternary nitrogens is 1. The molecule has 0 fully saturated rings. The summed E-state index contributed by atoms with van der Waals surface area (Å²) in [4.78, 5) is 34.3. The molecule has 0 saturated carbocycles. The molecule has 0 aromatic rings. The second kappa shape index (κ2) is 23.8. The van der Waals surface area contributed by atoms with E-state index in [4.69, 9.17) is 0 Å². The SMILES string of the molecule is CC/C=C/CCCCCCCCCCCCCC[N+](CCC(C)C(=O)[O-])(CCC(C)C(=O)O)CCC(C)C(=O)O. The Kier molecular flexibility index (Phi) is 22.7. The predicted octanol–water partition coefficient (Wildman–Crippen LogP) is 6.84. The topological polar surface area (TPSA) is 115 Å². The molecule has 3 unspecified atom stereocenters. The standard InChI is InChI=1S/C33H61NO6/c1-5-6-7-8-9-10-11-12-13-14-15-16-17-18-19-20-24-34(25-21-28(2)31(35)36,26-22-29(3)32(37)38)27-23-30(4)33(39)40/h6-7,28-30H,5,8-27H2,1-4H3,(H2-,35,36,37,38,39,40)/b7-6+. The van der Waals surface area contributed by atoms with Crippen molar-refractivity contribution < 1.29 is 34.2 Å². The minimum Gasteiger partial charge on any atom is -0.550 e. The number of carbonyl (C=O) groups is 3. The van der Waals surface area contributed by atoms with E-state index < -0.39 is 35.7 Å². The zero-order valence-corrected chi connectivity index (χ0v) is 26.2. The van der Waals surface area contributed by atoms with E-state index >= 15 is 0 Å². The van der Waals surface area contributed by atoms with Crippen molar-refractivity contribution in [1.82, 2.24) is 0 Å². The Labute approximate surface area is 245 Å². The Morgan fingerprint density at radius 1 is 0.600 bits per heavy atom. The van der Waals surface area contributed by atoms with Gasteiger partial charge in [0.15, 0.2) is 0 Å². The van der Waals surface area contributed by atoms with Crippen LogP contribution in [-0.2, 0) is 14.4 Å². The zero-order valence-electron chi connectivity index (χ0n) is 26.2. The molecule has 2 N–H and O–H groups in total. The molecule has 7 nitrogen and oxygen atoms in total. The predicted molar refractivity (Wildman–Crippen MR) is 161 cm³/mol. The van der Waals surface area contributed by atoms with Gasteiger partial charge in [0.25, 0.3) is 0 Å². The fraction of sp³-hybridized carbons (Fsp3) is 0.848. The Morgan fingerprint density at radius 3 is 1.35 bits per heavy atom. The molecule has 0 aliphatic carbocycles. The first-order valence-electron chi connectivity index (χ1n) is 16.2. The lowest BCUT2D eigenvalue weighted by Gasteiger charge is -2.41. The summed E-state index contributed by atoms with van der Waals surface area (Å²) < 4.78 is 0.585. The van der Waals surface area contributed by atoms with Gasteiger partial charge in [-0.2, -0.15) is 0 Å². The van der Waals surface area contributed by atoms with Crippen molar-refractivity contribution in [3.05, 3.63) is 12.2 Å². The lowest BCUT2D eigenvalue weighted by Crippen LogP contribution is -2.52. The number of nitrogens with zero attached hydrogens (tertiary/aromatic N) is 1. The number of rotatable bonds is 28. The number of carboxylic acids is 3. The molecular weight excluding hydrogens is 506 g/mol. The largest absolute Gasteiger partial charge is 0.550 e. The second-order valence-electron chi connectivity index (χ2n) is 12.2. The van der Waals surface area contributed by atoms with Crippen molar-refractivity contribution in [2.24, 2.45) is 17.8 Å². The summed E-state index contributed by atoms with van der Waals surface area (Å²) in [6.45, 7) is 9.89. The van der Waals surface area contributed by atoms with Gasteiger partial charge in [0.1, 0.15) is 0 Å². The van der Waals surface area contributed by atoms with Crippen LogP contribution >= 0.6 is 0 Å². The Hall–Kier alpha value is -1.89. The molecule has 0 aromatic carbocycles. The van der Waals surface area contributed by atoms with Crippen molar-refractivity contribution in [2.75, 3.05) is 26.2 Å². The van der Waals surface area contributed by atoms with E-state index in [1.807, 2.05) is 0 Å². The molecule has 0 radical (unpaired) electrons. The van der Waals surface area contributed by atoms with Gasteiger partial charge in [-0.15, -0.1) is 0 Å². The van der Waals surface area contributed by atoms with Crippen molar-refractivity contribution in [3.63, 3.8) is 0 Å². The van der Waals surface area contributed by atoms with Gasteiger partial charge in [0.2, 0.25) is 0 Å². The number of hydrogen-bond acceptors (Lipinski definition) is 4. The van der Waals surface area contributed by atoms with E-state index in [-0.39, 0.29) is 0 Å². The van der Waals surface area contributed by atoms with Crippen LogP contribution in [0.1, 0.15) is 137 Å². The van der Waals surface area contributed by atoms with Crippen molar-refractivity contribution >= 4 is 17.9 Å². The average Bonchev–Trinajstić information content (AvgIpc) is 2.92. The molecule has 7 heteroatoms. The fourth-order valence-corrected chi connectivity index (χ4v) is 5.20. The highest BCUT2D eigenvalue weighted by Gasteiger charge is 2.30. The summed E-state index contributed by atoms with van der Waals surface area (Å²) in [6, 6.07) is 0. The summed E-state index contributed by atoms with van der Waals surface area (Å²) in [5, 5.41) is 30.2. The van der Waals surface area contributed by atoms with Crippen molar-refractivity contribution in [3.8, 4) is 0 Å². The van der Waals surface area contributed by atoms with Crippen LogP contribution in [0.25, 0.3) is 0 Å². The summed E-state index contributed by atoms with van der Waals surface area (Å²) in [6.07, 6.45) is 23.3. The van der Waals surface area contributed by atoms with Gasteiger partial charge in [-0.05, 0) is 32.1 Å². The average molecular weight is 568 g/mol. The smallest absolute Gasteiger partial charge is 0.306 e. The maximum atomic E-state index is 11.5. The second-order valence-corrected chi connectivity index (χ2v) is 12.2. The molecule has 0 aliphatic rings. The molecule has 0 rings (SSSR count). The first kappa shape index (κ1) is 38.1. The van der Waals surface area contributed by atoms with Crippen LogP contribution in [0.2, 0.25) is 0 Å². The Balaban J connectivity index is 4.61. The third kappa shape index (κ3) is 20.1. The maximum absolute atomic E-state index is 11.5. The van der Waals surface area contributed by atoms with Gasteiger partial charge in [0.05, 0.1) is 38.0 Å². The molecule has 40 heavy (non-hydrogen) atoms. The lowest BCUT2D eigenvalue weighted by atomic mass is 10.0. The van der Waals surface area contributed by atoms with Crippen LogP contribution in [0.5, 0.6) is 0 Å². The summed E-state index contributed by atoms with van der Waals surface area (Å²) in [5.74, 6) is -4.31. The zero-order chi connectivity index (χ0) is 30.2. The molecule has 0 aliphatic heterocycles. The lowest BCUT2D eigenvalue weighted by molar-refractivity contribution is -0.929. The number of allylic oxidation sites excluding steroid dienone is 2. The Bertz CT molecular complexity index is 647. The molecule has 0 aromatic heterocycles. The third-order valence-electron chi connectivity index (χ3n) is 8.51. The molecule has 0 bridgehead atoms. The summed E-state index contributed by atoms with van der Waals surface area (Å²) >= 11 is 0. The van der Waals surface area contributed by atoms with Gasteiger partial charge in [0, 0.05) is 31.1 Å². The van der Waals surface area contributed by atoms with Gasteiger partial charge in [-0.25, -0.2) is 0 Å². The molecule has 0 saturated heterocycles. The third-order valence-corrected chi connectivity index (χ3v) is 8.51. The minimum absolute atomic E-state index is 0.446. The number of aliphatic carboxylic acids is 3. The first-order valence-corrected chi connectivity index (χ1v) is 16.2. The van der Waals surface area contributed by atoms with Crippen molar-refractivity contribution in [2.45, 2.75) is 137 Å². The molecule has 3 atom stereocenters. The van der Waals surface area contributed by atoms with E-state index in [2.05, 4.69) is 19.1 Å². The van der Waals surface area contributed by atoms with Crippen LogP contribution in [0.3, 0.4) is 0 Å². The molecular formula is C33H61NO6. The van der Waals surface area contributed by atoms with E-state index in [0.29, 0.717) is 43.4 Å². The first-order chi connectivity index (χ1) is 19.0. The molecule has 0 spiro atoms. The quantitative estimate of drug-likeness (QED) is 0.0608. The van der Waals surface area contributed by atoms with Crippen LogP contribution in [0.4, 0.5) is 0 Å². The maximum Gasteiger partial charge on any atom is 0.306 e. The van der Waals surface area contributed by atoms with Crippen LogP contribution < -0.4 is 5.11 Å². The minimum atomic E-state index is -1.07. The summed E-state index contributed by atoms with van der Waals surface area (Å²) in [7, 11) is 0. The van der Waals surface area contributed by atoms with Gasteiger partial charge < -0.3 is 24.6 Å². The molecule has 0 heterocycles. The van der Waals surface area contributed by atoms with Gasteiger partial charge >= 0.3 is 11.9 Å². The highest BCUT2D eigenvalue weighted by atomic mass is 16.4. The van der Waals surface area contributed by atoms with Crippen LogP contribution in [0.15, 0.2) is 12.2 Å². The van der Waals surface area contributed by atoms with E-state index in [9.17, 15) is 29.7 Å². The van der Waals surface area contributed by atoms with Gasteiger partial charge in [-0.3, -0.25) is 9.59 Å². The number of carbonyl (C=O) groups excluding carboxylic acids is 1. The number of unbranched alkanes of at least 4 members (excludes halogenated alkanes) is 12. The van der Waals surface area contributed by atoms with Crippen LogP contribution in [0, 0.1) is 17.8 Å². The van der Waals surface area contributed by atoms with E-state index in [0.717, 1.165) is 32.2 Å². The van der Waals surface area contributed by atoms with Gasteiger partial charge in [-0.1, -0.05) is 97.6 Å². The van der Waals surface area contributed by atoms with E-state index in [1.165, 1.54) is 64.2 Å². The number of carboxylic acid groups (broad SMARTS) is 3. The summed E-state index contributed by atoms with van der Waals surface area (Å²) in [5.41, 5.74) is 0. The highest BCUT2D eigenvalue weighted by molar-refractivity contribution is 5.69. The molecule has 0 amide bonds. The normalized spacial score (nSPS) is 15.5. The monoisotopic (exact) mass is 567 g/mol.